The molecule has 0 saturated carbocycles. The van der Waals surface area contributed by atoms with E-state index < -0.39 is 12.0 Å². The zero-order chi connectivity index (χ0) is 12.8. The summed E-state index contributed by atoms with van der Waals surface area (Å²) < 4.78 is 0. The zero-order valence-corrected chi connectivity index (χ0v) is 9.64. The fourth-order valence-electron chi connectivity index (χ4n) is 1.37. The molecule has 0 aromatic heterocycles. The molecule has 0 unspecified atom stereocenters. The van der Waals surface area contributed by atoms with Gasteiger partial charge < -0.3 is 16.2 Å². The van der Waals surface area contributed by atoms with E-state index in [1.807, 2.05) is 6.92 Å². The number of nitrogens with two attached hydrogens (primary N) is 1. The third-order valence-corrected chi connectivity index (χ3v) is 2.39. The van der Waals surface area contributed by atoms with Crippen LogP contribution in [-0.2, 0) is 16.0 Å². The third-order valence-electron chi connectivity index (χ3n) is 2.39. The van der Waals surface area contributed by atoms with Crippen LogP contribution >= 0.6 is 0 Å². The van der Waals surface area contributed by atoms with Crippen molar-refractivity contribution in [2.75, 3.05) is 5.32 Å². The Morgan fingerprint density at radius 1 is 1.41 bits per heavy atom. The molecule has 0 aliphatic rings. The first-order valence-electron chi connectivity index (χ1n) is 5.40. The summed E-state index contributed by atoms with van der Waals surface area (Å²) in [5.41, 5.74) is 6.66. The molecule has 0 bridgehead atoms. The number of rotatable bonds is 5. The van der Waals surface area contributed by atoms with E-state index in [0.29, 0.717) is 17.7 Å². The number of carboxylic acids is 1. The standard InChI is InChI=1S/C12H16N2O3/c1-2-9(13)12(17)14-10-6-4-3-5-8(10)7-11(15)16/h3-6,9H,2,7,13H2,1H3,(H,14,17)(H,15,16)/t9-/m1/s1. The first kappa shape index (κ1) is 13.2. The lowest BCUT2D eigenvalue weighted by molar-refractivity contribution is -0.136. The van der Waals surface area contributed by atoms with Gasteiger partial charge >= 0.3 is 5.97 Å². The minimum absolute atomic E-state index is 0.127. The summed E-state index contributed by atoms with van der Waals surface area (Å²) in [6, 6.07) is 6.22. The van der Waals surface area contributed by atoms with Gasteiger partial charge in [0.25, 0.3) is 0 Å². The van der Waals surface area contributed by atoms with Crippen LogP contribution in [0, 0.1) is 0 Å². The van der Waals surface area contributed by atoms with Crippen LogP contribution in [-0.4, -0.2) is 23.0 Å². The fourth-order valence-corrected chi connectivity index (χ4v) is 1.37. The van der Waals surface area contributed by atoms with Crippen molar-refractivity contribution in [2.45, 2.75) is 25.8 Å². The molecule has 0 radical (unpaired) electrons. The highest BCUT2D eigenvalue weighted by Crippen LogP contribution is 2.16. The van der Waals surface area contributed by atoms with Crippen LogP contribution < -0.4 is 11.1 Å². The monoisotopic (exact) mass is 236 g/mol. The summed E-state index contributed by atoms with van der Waals surface area (Å²) >= 11 is 0. The molecule has 0 aliphatic carbocycles. The second kappa shape index (κ2) is 6.00. The van der Waals surface area contributed by atoms with Crippen molar-refractivity contribution in [3.05, 3.63) is 29.8 Å². The summed E-state index contributed by atoms with van der Waals surface area (Å²) in [5, 5.41) is 11.4. The van der Waals surface area contributed by atoms with Gasteiger partial charge in [0.15, 0.2) is 0 Å². The normalized spacial score (nSPS) is 11.9. The van der Waals surface area contributed by atoms with Crippen molar-refractivity contribution in [1.82, 2.24) is 0 Å². The van der Waals surface area contributed by atoms with Gasteiger partial charge in [-0.15, -0.1) is 0 Å². The molecule has 17 heavy (non-hydrogen) atoms. The molecule has 5 heteroatoms. The molecular weight excluding hydrogens is 220 g/mol. The number of hydrogen-bond acceptors (Lipinski definition) is 3. The van der Waals surface area contributed by atoms with E-state index in [0.717, 1.165) is 0 Å². The highest BCUT2D eigenvalue weighted by molar-refractivity contribution is 5.95. The Kier molecular flexibility index (Phi) is 4.66. The Morgan fingerprint density at radius 2 is 2.06 bits per heavy atom. The van der Waals surface area contributed by atoms with Crippen LogP contribution in [0.25, 0.3) is 0 Å². The van der Waals surface area contributed by atoms with Crippen LogP contribution in [0.15, 0.2) is 24.3 Å². The average Bonchev–Trinajstić information content (AvgIpc) is 2.29. The van der Waals surface area contributed by atoms with Gasteiger partial charge in [-0.25, -0.2) is 0 Å². The molecule has 0 saturated heterocycles. The van der Waals surface area contributed by atoms with Gasteiger partial charge in [-0.05, 0) is 18.1 Å². The number of anilines is 1. The number of aliphatic carboxylic acids is 1. The highest BCUT2D eigenvalue weighted by atomic mass is 16.4. The van der Waals surface area contributed by atoms with Gasteiger partial charge in [-0.2, -0.15) is 0 Å². The molecular formula is C12H16N2O3. The topological polar surface area (TPSA) is 92.4 Å². The molecule has 1 rings (SSSR count). The molecule has 1 atom stereocenters. The predicted molar refractivity (Wildman–Crippen MR) is 64.7 cm³/mol. The van der Waals surface area contributed by atoms with Crippen molar-refractivity contribution in [2.24, 2.45) is 5.73 Å². The van der Waals surface area contributed by atoms with Crippen molar-refractivity contribution < 1.29 is 14.7 Å². The second-order valence-corrected chi connectivity index (χ2v) is 3.73. The number of para-hydroxylation sites is 1. The second-order valence-electron chi connectivity index (χ2n) is 3.73. The molecule has 1 aromatic rings. The minimum atomic E-state index is -0.938. The predicted octanol–water partition coefficient (Wildman–Crippen LogP) is 0.989. The zero-order valence-electron chi connectivity index (χ0n) is 9.64. The number of nitrogens with one attached hydrogen (secondary N) is 1. The van der Waals surface area contributed by atoms with E-state index in [1.54, 1.807) is 24.3 Å². The first-order chi connectivity index (χ1) is 8.04. The lowest BCUT2D eigenvalue weighted by Crippen LogP contribution is -2.35. The molecule has 1 amide bonds. The summed E-state index contributed by atoms with van der Waals surface area (Å²) in [5.74, 6) is -1.24. The number of benzene rings is 1. The van der Waals surface area contributed by atoms with Crippen LogP contribution in [0.3, 0.4) is 0 Å². The number of amides is 1. The molecule has 0 aliphatic heterocycles. The van der Waals surface area contributed by atoms with Crippen molar-refractivity contribution in [3.8, 4) is 0 Å². The average molecular weight is 236 g/mol. The summed E-state index contributed by atoms with van der Waals surface area (Å²) in [7, 11) is 0. The Hall–Kier alpha value is -1.88. The van der Waals surface area contributed by atoms with Crippen LogP contribution in [0.1, 0.15) is 18.9 Å². The molecule has 4 N–H and O–H groups in total. The maximum Gasteiger partial charge on any atom is 0.307 e. The lowest BCUT2D eigenvalue weighted by atomic mass is 10.1. The van der Waals surface area contributed by atoms with E-state index in [4.69, 9.17) is 10.8 Å². The van der Waals surface area contributed by atoms with E-state index in [9.17, 15) is 9.59 Å². The van der Waals surface area contributed by atoms with E-state index in [2.05, 4.69) is 5.32 Å². The quantitative estimate of drug-likeness (QED) is 0.710. The van der Waals surface area contributed by atoms with Gasteiger partial charge in [-0.3, -0.25) is 9.59 Å². The maximum atomic E-state index is 11.6. The van der Waals surface area contributed by atoms with Crippen molar-refractivity contribution in [1.29, 1.82) is 0 Å². The molecule has 0 heterocycles. The van der Waals surface area contributed by atoms with Gasteiger partial charge in [0.05, 0.1) is 12.5 Å². The van der Waals surface area contributed by atoms with Gasteiger partial charge in [-0.1, -0.05) is 25.1 Å². The molecule has 0 fully saturated rings. The summed E-state index contributed by atoms with van der Waals surface area (Å²) in [4.78, 5) is 22.3. The van der Waals surface area contributed by atoms with Gasteiger partial charge in [0, 0.05) is 5.69 Å². The number of carbonyl (C=O) groups excluding carboxylic acids is 1. The summed E-state index contributed by atoms with van der Waals surface area (Å²) in [6.45, 7) is 1.81. The number of hydrogen-bond donors (Lipinski definition) is 3. The Bertz CT molecular complexity index is 418. The van der Waals surface area contributed by atoms with Crippen LogP contribution in [0.4, 0.5) is 5.69 Å². The first-order valence-corrected chi connectivity index (χ1v) is 5.40. The smallest absolute Gasteiger partial charge is 0.307 e. The Labute approximate surface area is 99.6 Å². The van der Waals surface area contributed by atoms with Gasteiger partial charge in [0.1, 0.15) is 0 Å². The van der Waals surface area contributed by atoms with Crippen LogP contribution in [0.5, 0.6) is 0 Å². The van der Waals surface area contributed by atoms with E-state index in [1.165, 1.54) is 0 Å². The lowest BCUT2D eigenvalue weighted by Gasteiger charge is -2.12. The van der Waals surface area contributed by atoms with Gasteiger partial charge in [0.2, 0.25) is 5.91 Å². The minimum Gasteiger partial charge on any atom is -0.481 e. The number of carbonyl (C=O) groups is 2. The largest absolute Gasteiger partial charge is 0.481 e. The molecule has 0 spiro atoms. The highest BCUT2D eigenvalue weighted by Gasteiger charge is 2.13. The van der Waals surface area contributed by atoms with E-state index in [-0.39, 0.29) is 12.3 Å². The van der Waals surface area contributed by atoms with E-state index >= 15 is 0 Å². The van der Waals surface area contributed by atoms with Crippen LogP contribution in [0.2, 0.25) is 0 Å². The maximum absolute atomic E-state index is 11.6. The Morgan fingerprint density at radius 3 is 2.65 bits per heavy atom. The third kappa shape index (κ3) is 3.88. The Balaban J connectivity index is 2.83. The van der Waals surface area contributed by atoms with Crippen molar-refractivity contribution >= 4 is 17.6 Å². The molecule has 5 nitrogen and oxygen atoms in total. The number of carboxylic acid groups (broad SMARTS) is 1. The fraction of sp³-hybridized carbons (Fsp3) is 0.333. The SMILES string of the molecule is CC[C@@H](N)C(=O)Nc1ccccc1CC(=O)O. The summed E-state index contributed by atoms with van der Waals surface area (Å²) in [6.07, 6.45) is 0.407. The molecule has 1 aromatic carbocycles. The van der Waals surface area contributed by atoms with Crippen molar-refractivity contribution in [3.63, 3.8) is 0 Å². The molecule has 92 valence electrons.